The molecule has 0 spiro atoms. The molecular formula is C17H14N4O6S. The average molecular weight is 402 g/mol. The number of thioether (sulfide) groups is 1. The van der Waals surface area contributed by atoms with E-state index in [0.717, 1.165) is 11.8 Å². The summed E-state index contributed by atoms with van der Waals surface area (Å²) >= 11 is 0.999. The van der Waals surface area contributed by atoms with E-state index in [9.17, 15) is 19.7 Å². The van der Waals surface area contributed by atoms with E-state index in [-0.39, 0.29) is 17.3 Å². The Balaban J connectivity index is 1.69. The van der Waals surface area contributed by atoms with Gasteiger partial charge in [-0.15, -0.1) is 5.10 Å². The number of hydrogen-bond acceptors (Lipinski definition) is 8. The van der Waals surface area contributed by atoms with Crippen molar-refractivity contribution in [3.05, 3.63) is 51.8 Å². The number of carboxylic acids is 1. The first-order valence-electron chi connectivity index (χ1n) is 7.99. The molecular weight excluding hydrogens is 388 g/mol. The minimum Gasteiger partial charge on any atom is -0.481 e. The summed E-state index contributed by atoms with van der Waals surface area (Å²) in [4.78, 5) is 32.7. The minimum atomic E-state index is -1.07. The van der Waals surface area contributed by atoms with Crippen LogP contribution >= 0.6 is 11.8 Å². The zero-order valence-corrected chi connectivity index (χ0v) is 15.3. The Morgan fingerprint density at radius 2 is 2.21 bits per heavy atom. The number of carbonyl (C=O) groups is 2. The van der Waals surface area contributed by atoms with Gasteiger partial charge in [-0.3, -0.25) is 19.7 Å². The van der Waals surface area contributed by atoms with Crippen molar-refractivity contribution in [1.82, 2.24) is 5.32 Å². The molecule has 1 aromatic carbocycles. The maximum atomic E-state index is 11.6. The number of carbonyl (C=O) groups excluding carboxylic acids is 1. The Hall–Kier alpha value is -3.47. The third-order valence-corrected chi connectivity index (χ3v) is 4.86. The predicted octanol–water partition coefficient (Wildman–Crippen LogP) is 2.56. The fraction of sp³-hybridized carbons (Fsp3) is 0.176. The highest BCUT2D eigenvalue weighted by Gasteiger charge is 2.32. The van der Waals surface area contributed by atoms with Gasteiger partial charge in [-0.2, -0.15) is 5.10 Å². The lowest BCUT2D eigenvalue weighted by Crippen LogP contribution is -2.26. The van der Waals surface area contributed by atoms with Gasteiger partial charge in [0.05, 0.1) is 17.6 Å². The molecule has 3 rings (SSSR count). The summed E-state index contributed by atoms with van der Waals surface area (Å²) in [5.41, 5.74) is 1.41. The zero-order chi connectivity index (χ0) is 20.3. The predicted molar refractivity (Wildman–Crippen MR) is 102 cm³/mol. The van der Waals surface area contributed by atoms with Crippen LogP contribution in [0, 0.1) is 17.0 Å². The number of non-ortho nitro benzene ring substituents is 1. The van der Waals surface area contributed by atoms with Gasteiger partial charge in [-0.25, -0.2) is 0 Å². The molecule has 0 saturated carbocycles. The van der Waals surface area contributed by atoms with Crippen LogP contribution in [0.5, 0.6) is 0 Å². The summed E-state index contributed by atoms with van der Waals surface area (Å²) in [5, 5.41) is 29.2. The molecule has 1 fully saturated rings. The number of nitro groups is 1. The van der Waals surface area contributed by atoms with Gasteiger partial charge in [-0.05, 0) is 30.7 Å². The second-order valence-electron chi connectivity index (χ2n) is 5.80. The number of furan rings is 1. The van der Waals surface area contributed by atoms with Crippen LogP contribution in [0.2, 0.25) is 0 Å². The lowest BCUT2D eigenvalue weighted by Gasteiger charge is -2.02. The van der Waals surface area contributed by atoms with Crippen LogP contribution in [0.4, 0.5) is 5.69 Å². The summed E-state index contributed by atoms with van der Waals surface area (Å²) < 4.78 is 5.65. The molecule has 1 amide bonds. The summed E-state index contributed by atoms with van der Waals surface area (Å²) in [6.07, 6.45) is 1.05. The molecule has 144 valence electrons. The maximum absolute atomic E-state index is 11.6. The van der Waals surface area contributed by atoms with Crippen molar-refractivity contribution in [3.63, 3.8) is 0 Å². The van der Waals surface area contributed by atoms with Crippen LogP contribution in [0.1, 0.15) is 17.7 Å². The fourth-order valence-electron chi connectivity index (χ4n) is 2.49. The molecule has 28 heavy (non-hydrogen) atoms. The van der Waals surface area contributed by atoms with E-state index in [4.69, 9.17) is 9.52 Å². The number of carboxylic acid groups (broad SMARTS) is 1. The summed E-state index contributed by atoms with van der Waals surface area (Å²) in [6.45, 7) is 1.75. The SMILES string of the molecule is Cc1cc([N+](=O)[O-])ccc1-c1ccc(/C=N\N=C2\NC(=O)[C@H](CC(=O)O)S2)o1. The highest BCUT2D eigenvalue weighted by molar-refractivity contribution is 8.15. The maximum Gasteiger partial charge on any atom is 0.305 e. The smallest absolute Gasteiger partial charge is 0.305 e. The van der Waals surface area contributed by atoms with E-state index in [1.807, 2.05) is 0 Å². The van der Waals surface area contributed by atoms with Crippen LogP contribution in [0.15, 0.2) is 45.0 Å². The Labute approximate surface area is 162 Å². The van der Waals surface area contributed by atoms with Crippen molar-refractivity contribution >= 4 is 40.7 Å². The molecule has 10 nitrogen and oxygen atoms in total. The Bertz CT molecular complexity index is 1010. The van der Waals surface area contributed by atoms with E-state index < -0.39 is 22.0 Å². The van der Waals surface area contributed by atoms with Crippen molar-refractivity contribution in [2.75, 3.05) is 0 Å². The molecule has 0 radical (unpaired) electrons. The van der Waals surface area contributed by atoms with E-state index in [1.54, 1.807) is 25.1 Å². The van der Waals surface area contributed by atoms with E-state index >= 15 is 0 Å². The quantitative estimate of drug-likeness (QED) is 0.428. The lowest BCUT2D eigenvalue weighted by atomic mass is 10.1. The van der Waals surface area contributed by atoms with Gasteiger partial charge >= 0.3 is 5.97 Å². The number of aryl methyl sites for hydroxylation is 1. The zero-order valence-electron chi connectivity index (χ0n) is 14.5. The first-order valence-corrected chi connectivity index (χ1v) is 8.87. The lowest BCUT2D eigenvalue weighted by molar-refractivity contribution is -0.384. The average Bonchev–Trinajstić information content (AvgIpc) is 3.21. The van der Waals surface area contributed by atoms with E-state index in [2.05, 4.69) is 15.5 Å². The van der Waals surface area contributed by atoms with Gasteiger partial charge < -0.3 is 14.8 Å². The number of amidine groups is 1. The number of benzene rings is 1. The topological polar surface area (TPSA) is 147 Å². The third kappa shape index (κ3) is 4.43. The van der Waals surface area contributed by atoms with E-state index in [1.165, 1.54) is 18.3 Å². The fourth-order valence-corrected chi connectivity index (χ4v) is 3.40. The molecule has 1 aliphatic heterocycles. The van der Waals surface area contributed by atoms with Crippen molar-refractivity contribution in [2.45, 2.75) is 18.6 Å². The molecule has 11 heteroatoms. The third-order valence-electron chi connectivity index (χ3n) is 3.78. The highest BCUT2D eigenvalue weighted by atomic mass is 32.2. The Kier molecular flexibility index (Phi) is 5.54. The normalized spacial score (nSPS) is 18.0. The van der Waals surface area contributed by atoms with Gasteiger partial charge in [0.25, 0.3) is 5.69 Å². The Morgan fingerprint density at radius 1 is 1.43 bits per heavy atom. The number of nitrogens with zero attached hydrogens (tertiary/aromatic N) is 3. The summed E-state index contributed by atoms with van der Waals surface area (Å²) in [5.74, 6) is -0.572. The van der Waals surface area contributed by atoms with Crippen molar-refractivity contribution in [3.8, 4) is 11.3 Å². The standard InChI is InChI=1S/C17H14N4O6S/c1-9-6-10(21(25)26)2-4-12(9)13-5-3-11(27-13)8-18-20-17-19-16(24)14(28-17)7-15(22)23/h2-6,8,14H,7H2,1H3,(H,22,23)(H,19,20,24)/b18-8-/t14-/m0/s1. The number of hydrogen-bond donors (Lipinski definition) is 2. The van der Waals surface area contributed by atoms with Crippen molar-refractivity contribution < 1.29 is 24.0 Å². The van der Waals surface area contributed by atoms with Crippen LogP contribution in [-0.4, -0.2) is 38.5 Å². The van der Waals surface area contributed by atoms with Gasteiger partial charge in [0.1, 0.15) is 16.8 Å². The first-order chi connectivity index (χ1) is 13.3. The number of amides is 1. The largest absolute Gasteiger partial charge is 0.481 e. The van der Waals surface area contributed by atoms with E-state index in [0.29, 0.717) is 22.6 Å². The van der Waals surface area contributed by atoms with Gasteiger partial charge in [0.15, 0.2) is 5.17 Å². The Morgan fingerprint density at radius 3 is 2.89 bits per heavy atom. The molecule has 2 heterocycles. The van der Waals surface area contributed by atoms with Crippen LogP contribution < -0.4 is 5.32 Å². The molecule has 0 bridgehead atoms. The summed E-state index contributed by atoms with van der Waals surface area (Å²) in [7, 11) is 0. The monoisotopic (exact) mass is 402 g/mol. The molecule has 2 N–H and O–H groups in total. The van der Waals surface area contributed by atoms with Crippen molar-refractivity contribution in [1.29, 1.82) is 0 Å². The minimum absolute atomic E-state index is 0.00253. The molecule has 0 unspecified atom stereocenters. The second-order valence-corrected chi connectivity index (χ2v) is 6.99. The summed E-state index contributed by atoms with van der Waals surface area (Å²) in [6, 6.07) is 7.84. The molecule has 1 saturated heterocycles. The number of rotatable bonds is 6. The molecule has 1 aromatic heterocycles. The van der Waals surface area contributed by atoms with Gasteiger partial charge in [0, 0.05) is 17.7 Å². The second kappa shape index (κ2) is 8.05. The number of nitro benzene ring substituents is 1. The van der Waals surface area contributed by atoms with Crippen LogP contribution in [-0.2, 0) is 9.59 Å². The molecule has 1 aliphatic rings. The number of nitrogens with one attached hydrogen (secondary N) is 1. The van der Waals surface area contributed by atoms with Crippen LogP contribution in [0.3, 0.4) is 0 Å². The molecule has 0 aliphatic carbocycles. The molecule has 1 atom stereocenters. The van der Waals surface area contributed by atoms with Gasteiger partial charge in [-0.1, -0.05) is 11.8 Å². The van der Waals surface area contributed by atoms with Crippen molar-refractivity contribution in [2.24, 2.45) is 10.2 Å². The van der Waals surface area contributed by atoms with Crippen LogP contribution in [0.25, 0.3) is 11.3 Å². The highest BCUT2D eigenvalue weighted by Crippen LogP contribution is 2.28. The molecule has 2 aromatic rings. The first kappa shape index (κ1) is 19.3. The van der Waals surface area contributed by atoms with Gasteiger partial charge in [0.2, 0.25) is 5.91 Å². The number of aliphatic carboxylic acids is 1.